The minimum atomic E-state index is -0.0276. The molecule has 1 aromatic heterocycles. The van der Waals surface area contributed by atoms with E-state index in [-0.39, 0.29) is 5.91 Å². The van der Waals surface area contributed by atoms with Gasteiger partial charge in [0.25, 0.3) is 5.91 Å². The number of hydrogen-bond donors (Lipinski definition) is 0. The average molecular weight is 486 g/mol. The van der Waals surface area contributed by atoms with Crippen LogP contribution in [0.5, 0.6) is 11.5 Å². The fourth-order valence-electron chi connectivity index (χ4n) is 4.59. The number of nitrogens with zero attached hydrogens (tertiary/aromatic N) is 5. The molecule has 0 bridgehead atoms. The summed E-state index contributed by atoms with van der Waals surface area (Å²) < 4.78 is 11.6. The Hall–Kier alpha value is -3.91. The molecule has 5 rings (SSSR count). The summed E-state index contributed by atoms with van der Waals surface area (Å²) >= 11 is 0. The van der Waals surface area contributed by atoms with E-state index in [1.165, 1.54) is 5.56 Å². The second kappa shape index (κ2) is 11.2. The lowest BCUT2D eigenvalue weighted by atomic mass is 10.1. The number of anilines is 1. The van der Waals surface area contributed by atoms with Crippen molar-refractivity contribution in [1.82, 2.24) is 19.8 Å². The maximum absolute atomic E-state index is 13.3. The van der Waals surface area contributed by atoms with E-state index in [2.05, 4.69) is 38.5 Å². The highest BCUT2D eigenvalue weighted by atomic mass is 16.5. The second-order valence-electron chi connectivity index (χ2n) is 8.96. The smallest absolute Gasteiger partial charge is 0.254 e. The van der Waals surface area contributed by atoms with Gasteiger partial charge in [0.05, 0.1) is 6.54 Å². The van der Waals surface area contributed by atoms with E-state index in [1.54, 1.807) is 24.5 Å². The zero-order valence-electron chi connectivity index (χ0n) is 20.4. The Labute approximate surface area is 211 Å². The first-order valence-electron chi connectivity index (χ1n) is 12.3. The average Bonchev–Trinajstić information content (AvgIpc) is 3.15. The summed E-state index contributed by atoms with van der Waals surface area (Å²) in [5, 5.41) is 0. The number of aromatic nitrogens is 2. The van der Waals surface area contributed by atoms with E-state index in [1.807, 2.05) is 35.2 Å². The molecule has 0 spiro atoms. The molecule has 2 aliphatic heterocycles. The summed E-state index contributed by atoms with van der Waals surface area (Å²) in [6.07, 6.45) is 5.26. The van der Waals surface area contributed by atoms with Gasteiger partial charge in [-0.25, -0.2) is 9.97 Å². The van der Waals surface area contributed by atoms with E-state index in [0.29, 0.717) is 37.6 Å². The van der Waals surface area contributed by atoms with Crippen LogP contribution >= 0.6 is 0 Å². The van der Waals surface area contributed by atoms with Crippen LogP contribution in [0.25, 0.3) is 0 Å². The molecule has 3 aromatic rings. The summed E-state index contributed by atoms with van der Waals surface area (Å²) in [5.41, 5.74) is 2.86. The first-order valence-corrected chi connectivity index (χ1v) is 12.3. The van der Waals surface area contributed by atoms with Gasteiger partial charge in [0.2, 0.25) is 5.95 Å². The lowest BCUT2D eigenvalue weighted by Gasteiger charge is -2.34. The van der Waals surface area contributed by atoms with Crippen LogP contribution in [-0.4, -0.2) is 71.6 Å². The van der Waals surface area contributed by atoms with E-state index in [0.717, 1.165) is 50.0 Å². The van der Waals surface area contributed by atoms with Crippen molar-refractivity contribution in [2.75, 3.05) is 50.8 Å². The third-order valence-electron chi connectivity index (χ3n) is 6.45. The van der Waals surface area contributed by atoms with E-state index in [4.69, 9.17) is 9.47 Å². The van der Waals surface area contributed by atoms with Gasteiger partial charge in [0.1, 0.15) is 24.7 Å². The molecule has 8 heteroatoms. The first kappa shape index (κ1) is 23.8. The highest BCUT2D eigenvalue weighted by Crippen LogP contribution is 2.27. The number of benzene rings is 2. The normalized spacial score (nSPS) is 16.0. The molecule has 0 saturated carbocycles. The zero-order valence-corrected chi connectivity index (χ0v) is 20.4. The van der Waals surface area contributed by atoms with Gasteiger partial charge in [-0.2, -0.15) is 0 Å². The number of carbonyl (C=O) groups excluding carboxylic acids is 1. The topological polar surface area (TPSA) is 71.0 Å². The molecule has 2 aliphatic rings. The Bertz CT molecular complexity index is 1190. The van der Waals surface area contributed by atoms with Crippen molar-refractivity contribution in [3.05, 3.63) is 90.3 Å². The highest BCUT2D eigenvalue weighted by molar-refractivity contribution is 5.94. The van der Waals surface area contributed by atoms with Gasteiger partial charge in [-0.1, -0.05) is 24.8 Å². The Morgan fingerprint density at radius 2 is 1.86 bits per heavy atom. The van der Waals surface area contributed by atoms with Crippen molar-refractivity contribution in [3.8, 4) is 11.5 Å². The van der Waals surface area contributed by atoms with E-state index in [9.17, 15) is 4.79 Å². The molecule has 1 fully saturated rings. The quantitative estimate of drug-likeness (QED) is 0.475. The number of hydrogen-bond acceptors (Lipinski definition) is 7. The van der Waals surface area contributed by atoms with E-state index >= 15 is 0 Å². The molecule has 1 saturated heterocycles. The summed E-state index contributed by atoms with van der Waals surface area (Å²) in [5.74, 6) is 2.28. The van der Waals surface area contributed by atoms with Crippen LogP contribution in [-0.2, 0) is 13.1 Å². The van der Waals surface area contributed by atoms with E-state index < -0.39 is 0 Å². The predicted molar refractivity (Wildman–Crippen MR) is 138 cm³/mol. The van der Waals surface area contributed by atoms with Gasteiger partial charge in [-0.3, -0.25) is 9.69 Å². The molecule has 0 aliphatic carbocycles. The van der Waals surface area contributed by atoms with Crippen molar-refractivity contribution >= 4 is 11.9 Å². The van der Waals surface area contributed by atoms with Gasteiger partial charge in [-0.15, -0.1) is 0 Å². The monoisotopic (exact) mass is 485 g/mol. The number of amides is 1. The third kappa shape index (κ3) is 5.66. The van der Waals surface area contributed by atoms with Gasteiger partial charge >= 0.3 is 0 Å². The number of ether oxygens (including phenoxy) is 2. The minimum Gasteiger partial charge on any atom is -0.491 e. The number of carbonyl (C=O) groups is 1. The van der Waals surface area contributed by atoms with Crippen molar-refractivity contribution in [1.29, 1.82) is 0 Å². The predicted octanol–water partition coefficient (Wildman–Crippen LogP) is 3.40. The van der Waals surface area contributed by atoms with Crippen molar-refractivity contribution in [2.45, 2.75) is 13.1 Å². The van der Waals surface area contributed by atoms with Gasteiger partial charge < -0.3 is 19.3 Å². The maximum atomic E-state index is 13.3. The van der Waals surface area contributed by atoms with Crippen molar-refractivity contribution < 1.29 is 14.3 Å². The number of fused-ring (bicyclic) bond motifs is 1. The molecule has 3 heterocycles. The van der Waals surface area contributed by atoms with Crippen LogP contribution in [0.15, 0.2) is 73.6 Å². The fraction of sp³-hybridized carbons (Fsp3) is 0.321. The second-order valence-corrected chi connectivity index (χ2v) is 8.96. The molecule has 0 atom stereocenters. The standard InChI is InChI=1S/C28H31N5O3/c1-2-16-35-25-6-3-5-23(19-25)27(34)33-15-17-36-26-8-7-22(18-24(26)21-33)20-31-11-13-32(14-12-31)28-29-9-4-10-30-28/h2-10,18-19H,1,11-17,20-21H2. The molecule has 1 amide bonds. The molecular weight excluding hydrogens is 454 g/mol. The Morgan fingerprint density at radius 1 is 1.03 bits per heavy atom. The molecule has 2 aromatic carbocycles. The van der Waals surface area contributed by atoms with Crippen molar-refractivity contribution in [3.63, 3.8) is 0 Å². The summed E-state index contributed by atoms with van der Waals surface area (Å²) in [6, 6.07) is 15.5. The van der Waals surface area contributed by atoms with Crippen LogP contribution in [0, 0.1) is 0 Å². The first-order chi connectivity index (χ1) is 17.7. The van der Waals surface area contributed by atoms with Crippen LogP contribution < -0.4 is 14.4 Å². The van der Waals surface area contributed by atoms with Crippen molar-refractivity contribution in [2.24, 2.45) is 0 Å². The number of rotatable bonds is 7. The van der Waals surface area contributed by atoms with Gasteiger partial charge in [0, 0.05) is 62.8 Å². The third-order valence-corrected chi connectivity index (χ3v) is 6.45. The largest absolute Gasteiger partial charge is 0.491 e. The van der Waals surface area contributed by atoms with Crippen LogP contribution in [0.4, 0.5) is 5.95 Å². The highest BCUT2D eigenvalue weighted by Gasteiger charge is 2.23. The summed E-state index contributed by atoms with van der Waals surface area (Å²) in [6.45, 7) is 10.1. The van der Waals surface area contributed by atoms with Gasteiger partial charge in [0.15, 0.2) is 0 Å². The Balaban J connectivity index is 1.23. The lowest BCUT2D eigenvalue weighted by molar-refractivity contribution is 0.0732. The fourth-order valence-corrected chi connectivity index (χ4v) is 4.59. The summed E-state index contributed by atoms with van der Waals surface area (Å²) in [7, 11) is 0. The lowest BCUT2D eigenvalue weighted by Crippen LogP contribution is -2.46. The number of piperazine rings is 1. The minimum absolute atomic E-state index is 0.0276. The molecule has 186 valence electrons. The maximum Gasteiger partial charge on any atom is 0.254 e. The molecule has 8 nitrogen and oxygen atoms in total. The SMILES string of the molecule is C=CCOc1cccc(C(=O)N2CCOc3ccc(CN4CCN(c5ncccn5)CC4)cc3C2)c1. The van der Waals surface area contributed by atoms with Crippen LogP contribution in [0.3, 0.4) is 0 Å². The molecule has 0 N–H and O–H groups in total. The molecule has 0 radical (unpaired) electrons. The molecule has 36 heavy (non-hydrogen) atoms. The van der Waals surface area contributed by atoms with Gasteiger partial charge in [-0.05, 0) is 42.0 Å². The Morgan fingerprint density at radius 3 is 2.67 bits per heavy atom. The molecular formula is C28H31N5O3. The van der Waals surface area contributed by atoms with Crippen LogP contribution in [0.2, 0.25) is 0 Å². The summed E-state index contributed by atoms with van der Waals surface area (Å²) in [4.78, 5) is 28.6. The Kier molecular flexibility index (Phi) is 7.42. The zero-order chi connectivity index (χ0) is 24.7. The van der Waals surface area contributed by atoms with Crippen LogP contribution in [0.1, 0.15) is 21.5 Å². The molecule has 0 unspecified atom stereocenters.